The molecule has 2 heterocycles. The van der Waals surface area contributed by atoms with Gasteiger partial charge in [-0.1, -0.05) is 30.4 Å². The van der Waals surface area contributed by atoms with E-state index >= 15 is 0 Å². The van der Waals surface area contributed by atoms with Crippen molar-refractivity contribution in [2.24, 2.45) is 69.0 Å². The van der Waals surface area contributed by atoms with Crippen LogP contribution >= 0.6 is 0 Å². The van der Waals surface area contributed by atoms with Gasteiger partial charge in [0.1, 0.15) is 16.6 Å². The Kier molecular flexibility index (Phi) is 5.83. The molecule has 0 radical (unpaired) electrons. The van der Waals surface area contributed by atoms with Crippen LogP contribution in [-0.2, 0) is 28.7 Å². The van der Waals surface area contributed by atoms with E-state index in [2.05, 4.69) is 13.2 Å². The number of esters is 2. The summed E-state index contributed by atoms with van der Waals surface area (Å²) < 4.78 is 11.9. The standard InChI is InChI=1S/C19H24O5.C19H22O5/c2*1-9-7-18-8-10(9)3-4-11(18)19-6-5-12(20)17(2,16(23)24-19)14(19)13(18)15(21)22/h10-14,20H,1,3-8H2,2H3,(H,21,22);5-6,10-14,20H,1,3-4,7-8H2,2H3,(H,21,22). The van der Waals surface area contributed by atoms with Crippen molar-refractivity contribution in [1.82, 2.24) is 0 Å². The first-order chi connectivity index (χ1) is 22.5. The zero-order chi connectivity index (χ0) is 34.1. The zero-order valence-electron chi connectivity index (χ0n) is 27.7. The normalized spacial score (nSPS) is 57.2. The van der Waals surface area contributed by atoms with Crippen molar-refractivity contribution in [3.8, 4) is 0 Å². The molecule has 9 fully saturated rings. The summed E-state index contributed by atoms with van der Waals surface area (Å²) in [6, 6.07) is 0. The van der Waals surface area contributed by atoms with Gasteiger partial charge in [-0.05, 0) is 107 Å². The lowest BCUT2D eigenvalue weighted by Gasteiger charge is -2.44. The number of hydrogen-bond acceptors (Lipinski definition) is 8. The van der Waals surface area contributed by atoms with Gasteiger partial charge in [0, 0.05) is 23.7 Å². The summed E-state index contributed by atoms with van der Waals surface area (Å²) in [6.45, 7) is 11.8. The van der Waals surface area contributed by atoms with Crippen LogP contribution in [0, 0.1) is 69.0 Å². The average molecular weight is 663 g/mol. The van der Waals surface area contributed by atoms with Gasteiger partial charge in [-0.3, -0.25) is 19.2 Å². The fraction of sp³-hybridized carbons (Fsp3) is 0.737. The molecule has 0 aromatic carbocycles. The highest BCUT2D eigenvalue weighted by Crippen LogP contribution is 2.79. The molecule has 0 amide bonds. The Hall–Kier alpha value is -2.98. The first-order valence-electron chi connectivity index (χ1n) is 17.9. The van der Waals surface area contributed by atoms with E-state index in [1.54, 1.807) is 19.9 Å². The molecule has 48 heavy (non-hydrogen) atoms. The maximum atomic E-state index is 12.7. The van der Waals surface area contributed by atoms with E-state index in [1.807, 2.05) is 6.08 Å². The molecule has 16 unspecified atom stereocenters. The SMILES string of the molecule is C=C1CC23CC1CCC2C12C=CC(O)C(C)(C(=O)O1)C2C3C(=O)O.C=C1CC23CC1CCC2C12CCC(O)C(C)(C(=O)O1)C2C3C(=O)O. The van der Waals surface area contributed by atoms with E-state index in [0.29, 0.717) is 31.1 Å². The predicted molar refractivity (Wildman–Crippen MR) is 168 cm³/mol. The molecule has 8 bridgehead atoms. The van der Waals surface area contributed by atoms with E-state index in [0.717, 1.165) is 50.5 Å². The van der Waals surface area contributed by atoms with Crippen LogP contribution in [0.3, 0.4) is 0 Å². The lowest BCUT2D eigenvalue weighted by Crippen LogP contribution is -2.53. The number of carboxylic acids is 2. The van der Waals surface area contributed by atoms with Crippen LogP contribution in [0.25, 0.3) is 0 Å². The minimum Gasteiger partial charge on any atom is -0.481 e. The lowest BCUT2D eigenvalue weighted by atomic mass is 9.59. The van der Waals surface area contributed by atoms with Crippen molar-refractivity contribution in [3.63, 3.8) is 0 Å². The van der Waals surface area contributed by atoms with Crippen LogP contribution < -0.4 is 0 Å². The highest BCUT2D eigenvalue weighted by atomic mass is 16.6. The number of fused-ring (bicyclic) bond motifs is 2. The number of aliphatic hydroxyl groups excluding tert-OH is 2. The number of ether oxygens (including phenoxy) is 2. The van der Waals surface area contributed by atoms with E-state index in [4.69, 9.17) is 9.47 Å². The predicted octanol–water partition coefficient (Wildman–Crippen LogP) is 4.05. The largest absolute Gasteiger partial charge is 0.481 e. The van der Waals surface area contributed by atoms with Gasteiger partial charge in [0.2, 0.25) is 0 Å². The van der Waals surface area contributed by atoms with Crippen LogP contribution in [0.5, 0.6) is 0 Å². The maximum absolute atomic E-state index is 12.7. The monoisotopic (exact) mass is 662 g/mol. The van der Waals surface area contributed by atoms with Gasteiger partial charge in [0.05, 0.1) is 29.5 Å². The van der Waals surface area contributed by atoms with Crippen LogP contribution in [0.4, 0.5) is 0 Å². The summed E-state index contributed by atoms with van der Waals surface area (Å²) in [5, 5.41) is 41.4. The van der Waals surface area contributed by atoms with Crippen LogP contribution in [0.1, 0.15) is 78.1 Å². The summed E-state index contributed by atoms with van der Waals surface area (Å²) >= 11 is 0. The van der Waals surface area contributed by atoms with Crippen molar-refractivity contribution < 1.29 is 49.1 Å². The Balaban J connectivity index is 0.000000131. The first kappa shape index (κ1) is 31.0. The summed E-state index contributed by atoms with van der Waals surface area (Å²) in [7, 11) is 0. The third kappa shape index (κ3) is 3.08. The molecule has 8 aliphatic carbocycles. The summed E-state index contributed by atoms with van der Waals surface area (Å²) in [5.41, 5.74) is -2.25. The smallest absolute Gasteiger partial charge is 0.316 e. The Labute approximate surface area is 279 Å². The Morgan fingerprint density at radius 3 is 1.92 bits per heavy atom. The Bertz CT molecular complexity index is 1650. The fourth-order valence-electron chi connectivity index (χ4n) is 14.8. The number of rotatable bonds is 2. The van der Waals surface area contributed by atoms with E-state index in [1.165, 1.54) is 5.57 Å². The van der Waals surface area contributed by atoms with Gasteiger partial charge < -0.3 is 29.9 Å². The number of hydrogen-bond donors (Lipinski definition) is 4. The van der Waals surface area contributed by atoms with E-state index in [9.17, 15) is 39.6 Å². The van der Waals surface area contributed by atoms with Gasteiger partial charge >= 0.3 is 23.9 Å². The molecule has 258 valence electrons. The van der Waals surface area contributed by atoms with Crippen LogP contribution in [-0.4, -0.2) is 67.7 Å². The average Bonchev–Trinajstić information content (AvgIpc) is 3.70. The second-order valence-corrected chi connectivity index (χ2v) is 17.8. The van der Waals surface area contributed by atoms with Crippen LogP contribution in [0.2, 0.25) is 0 Å². The first-order valence-corrected chi connectivity index (χ1v) is 17.9. The van der Waals surface area contributed by atoms with E-state index < -0.39 is 87.2 Å². The summed E-state index contributed by atoms with van der Waals surface area (Å²) in [6.07, 6.45) is 9.64. The molecular formula is C38H46O10. The molecule has 0 aromatic heterocycles. The lowest BCUT2D eigenvalue weighted by molar-refractivity contribution is -0.163. The summed E-state index contributed by atoms with van der Waals surface area (Å²) in [4.78, 5) is 50.2. The molecule has 0 aromatic rings. The minimum atomic E-state index is -1.18. The topological polar surface area (TPSA) is 168 Å². The molecule has 10 aliphatic rings. The maximum Gasteiger partial charge on any atom is 0.316 e. The molecule has 7 saturated carbocycles. The third-order valence-electron chi connectivity index (χ3n) is 16.5. The second kappa shape index (κ2) is 9.02. The fourth-order valence-corrected chi connectivity index (χ4v) is 14.8. The molecule has 10 heteroatoms. The highest BCUT2D eigenvalue weighted by molar-refractivity contribution is 5.87. The van der Waals surface area contributed by atoms with Crippen molar-refractivity contribution >= 4 is 23.9 Å². The Morgan fingerprint density at radius 2 is 1.31 bits per heavy atom. The molecule has 10 nitrogen and oxygen atoms in total. The van der Waals surface area contributed by atoms with Crippen molar-refractivity contribution in [1.29, 1.82) is 0 Å². The third-order valence-corrected chi connectivity index (χ3v) is 16.5. The zero-order valence-corrected chi connectivity index (χ0v) is 27.7. The number of allylic oxidation sites excluding steroid dienone is 2. The van der Waals surface area contributed by atoms with Crippen molar-refractivity contribution in [3.05, 3.63) is 36.5 Å². The number of carbonyl (C=O) groups is 4. The van der Waals surface area contributed by atoms with Crippen molar-refractivity contribution in [2.45, 2.75) is 101 Å². The van der Waals surface area contributed by atoms with Crippen molar-refractivity contribution in [2.75, 3.05) is 0 Å². The second-order valence-electron chi connectivity index (χ2n) is 17.8. The van der Waals surface area contributed by atoms with Gasteiger partial charge in [-0.2, -0.15) is 0 Å². The quantitative estimate of drug-likeness (QED) is 0.250. The molecule has 2 spiro atoms. The molecule has 10 rings (SSSR count). The molecule has 2 aliphatic heterocycles. The number of aliphatic carboxylic acids is 2. The van der Waals surface area contributed by atoms with Gasteiger partial charge in [0.15, 0.2) is 0 Å². The highest BCUT2D eigenvalue weighted by Gasteiger charge is 2.84. The molecule has 16 atom stereocenters. The number of carboxylic acid groups (broad SMARTS) is 2. The van der Waals surface area contributed by atoms with Gasteiger partial charge in [0.25, 0.3) is 0 Å². The van der Waals surface area contributed by atoms with E-state index in [-0.39, 0.29) is 17.3 Å². The molecule has 4 N–H and O–H groups in total. The van der Waals surface area contributed by atoms with Crippen LogP contribution in [0.15, 0.2) is 36.5 Å². The van der Waals surface area contributed by atoms with Gasteiger partial charge in [-0.25, -0.2) is 0 Å². The number of aliphatic hydroxyl groups is 2. The van der Waals surface area contributed by atoms with Gasteiger partial charge in [-0.15, -0.1) is 0 Å². The molecule has 2 saturated heterocycles. The number of carbonyl (C=O) groups excluding carboxylic acids is 2. The Morgan fingerprint density at radius 1 is 0.771 bits per heavy atom. The minimum absolute atomic E-state index is 0.00104. The molecular weight excluding hydrogens is 616 g/mol. The summed E-state index contributed by atoms with van der Waals surface area (Å²) in [5.74, 6) is -3.90.